The van der Waals surface area contributed by atoms with Crippen LogP contribution in [0.3, 0.4) is 0 Å². The Morgan fingerprint density at radius 1 is 1.20 bits per heavy atom. The molecule has 0 unspecified atom stereocenters. The molecule has 0 aliphatic heterocycles. The lowest BCUT2D eigenvalue weighted by Gasteiger charge is -2.18. The summed E-state index contributed by atoms with van der Waals surface area (Å²) in [4.78, 5) is 12.1. The van der Waals surface area contributed by atoms with Crippen molar-refractivity contribution in [2.45, 2.75) is 46.0 Å². The van der Waals surface area contributed by atoms with Gasteiger partial charge >= 0.3 is 0 Å². The van der Waals surface area contributed by atoms with E-state index in [2.05, 4.69) is 48.7 Å². The molecular weight excluding hydrogens is 246 g/mol. The number of ketones is 1. The molecule has 0 saturated carbocycles. The Hall–Kier alpha value is -1.83. The Bertz CT molecular complexity index is 651. The topological polar surface area (TPSA) is 22.0 Å². The van der Waals surface area contributed by atoms with E-state index in [4.69, 9.17) is 0 Å². The average molecular weight is 267 g/mol. The fraction of sp³-hybridized carbons (Fsp3) is 0.389. The SMILES string of the molecule is CCCc1ccccc1-n1c(C)cc2c1CCCC2=O. The maximum atomic E-state index is 12.1. The van der Waals surface area contributed by atoms with Crippen molar-refractivity contribution in [1.29, 1.82) is 0 Å². The second kappa shape index (κ2) is 5.28. The van der Waals surface area contributed by atoms with Gasteiger partial charge in [-0.05, 0) is 43.9 Å². The highest BCUT2D eigenvalue weighted by Gasteiger charge is 2.23. The number of rotatable bonds is 3. The van der Waals surface area contributed by atoms with Gasteiger partial charge in [0.15, 0.2) is 5.78 Å². The van der Waals surface area contributed by atoms with Crippen LogP contribution in [0.5, 0.6) is 0 Å². The minimum atomic E-state index is 0.307. The first kappa shape index (κ1) is 13.2. The molecule has 1 aliphatic rings. The number of Topliss-reactive ketones (excluding diaryl/α,β-unsaturated/α-hetero) is 1. The fourth-order valence-corrected chi connectivity index (χ4v) is 3.27. The van der Waals surface area contributed by atoms with Crippen molar-refractivity contribution in [3.8, 4) is 5.69 Å². The maximum Gasteiger partial charge on any atom is 0.164 e. The van der Waals surface area contributed by atoms with Gasteiger partial charge in [-0.25, -0.2) is 0 Å². The van der Waals surface area contributed by atoms with E-state index < -0.39 is 0 Å². The number of aryl methyl sites for hydroxylation is 2. The van der Waals surface area contributed by atoms with Gasteiger partial charge in [-0.3, -0.25) is 4.79 Å². The van der Waals surface area contributed by atoms with Crippen LogP contribution in [0.25, 0.3) is 5.69 Å². The second-order valence-electron chi connectivity index (χ2n) is 5.64. The predicted molar refractivity (Wildman–Crippen MR) is 81.8 cm³/mol. The molecule has 1 aromatic carbocycles. The molecule has 104 valence electrons. The number of fused-ring (bicyclic) bond motifs is 1. The monoisotopic (exact) mass is 267 g/mol. The summed E-state index contributed by atoms with van der Waals surface area (Å²) in [6, 6.07) is 10.6. The lowest BCUT2D eigenvalue weighted by Crippen LogP contribution is -2.13. The Kier molecular flexibility index (Phi) is 3.47. The summed E-state index contributed by atoms with van der Waals surface area (Å²) in [7, 11) is 0. The molecule has 0 N–H and O–H groups in total. The minimum Gasteiger partial charge on any atom is -0.317 e. The van der Waals surface area contributed by atoms with E-state index in [-0.39, 0.29) is 0 Å². The van der Waals surface area contributed by atoms with Crippen LogP contribution in [0.1, 0.15) is 53.5 Å². The van der Waals surface area contributed by atoms with Gasteiger partial charge in [0.2, 0.25) is 0 Å². The van der Waals surface area contributed by atoms with Crippen molar-refractivity contribution in [3.63, 3.8) is 0 Å². The molecule has 2 heteroatoms. The number of carbonyl (C=O) groups is 1. The Balaban J connectivity index is 2.18. The van der Waals surface area contributed by atoms with Crippen molar-refractivity contribution in [1.82, 2.24) is 4.57 Å². The molecule has 0 atom stereocenters. The number of para-hydroxylation sites is 1. The molecule has 0 amide bonds. The van der Waals surface area contributed by atoms with Gasteiger partial charge in [0.05, 0.1) is 0 Å². The summed E-state index contributed by atoms with van der Waals surface area (Å²) in [5, 5.41) is 0. The average Bonchev–Trinajstić information content (AvgIpc) is 2.78. The van der Waals surface area contributed by atoms with Gasteiger partial charge in [-0.15, -0.1) is 0 Å². The van der Waals surface area contributed by atoms with Crippen LogP contribution in [0.4, 0.5) is 0 Å². The van der Waals surface area contributed by atoms with Crippen LogP contribution in [0.15, 0.2) is 30.3 Å². The minimum absolute atomic E-state index is 0.307. The van der Waals surface area contributed by atoms with Crippen molar-refractivity contribution in [2.24, 2.45) is 0 Å². The van der Waals surface area contributed by atoms with Crippen LogP contribution in [0.2, 0.25) is 0 Å². The number of hydrogen-bond donors (Lipinski definition) is 0. The smallest absolute Gasteiger partial charge is 0.164 e. The maximum absolute atomic E-state index is 12.1. The third kappa shape index (κ3) is 2.09. The van der Waals surface area contributed by atoms with Crippen LogP contribution < -0.4 is 0 Å². The molecule has 0 fully saturated rings. The third-order valence-electron chi connectivity index (χ3n) is 4.16. The van der Waals surface area contributed by atoms with Gasteiger partial charge in [-0.2, -0.15) is 0 Å². The zero-order valence-corrected chi connectivity index (χ0v) is 12.3. The van der Waals surface area contributed by atoms with E-state index in [1.165, 1.54) is 22.6 Å². The molecule has 20 heavy (non-hydrogen) atoms. The first-order valence-corrected chi connectivity index (χ1v) is 7.55. The molecule has 1 heterocycles. The molecule has 3 rings (SSSR count). The van der Waals surface area contributed by atoms with Crippen LogP contribution >= 0.6 is 0 Å². The van der Waals surface area contributed by atoms with E-state index >= 15 is 0 Å². The van der Waals surface area contributed by atoms with Crippen LogP contribution in [-0.4, -0.2) is 10.4 Å². The molecule has 1 aromatic heterocycles. The third-order valence-corrected chi connectivity index (χ3v) is 4.16. The van der Waals surface area contributed by atoms with Gasteiger partial charge in [-0.1, -0.05) is 31.5 Å². The number of aromatic nitrogens is 1. The predicted octanol–water partition coefficient (Wildman–Crippen LogP) is 4.26. The zero-order chi connectivity index (χ0) is 14.1. The summed E-state index contributed by atoms with van der Waals surface area (Å²) in [6.45, 7) is 4.31. The van der Waals surface area contributed by atoms with Crippen molar-refractivity contribution >= 4 is 5.78 Å². The Morgan fingerprint density at radius 3 is 2.80 bits per heavy atom. The number of carbonyl (C=O) groups excluding carboxylic acids is 1. The molecule has 2 aromatic rings. The highest BCUT2D eigenvalue weighted by molar-refractivity contribution is 5.98. The zero-order valence-electron chi connectivity index (χ0n) is 12.3. The van der Waals surface area contributed by atoms with E-state index in [9.17, 15) is 4.79 Å². The Morgan fingerprint density at radius 2 is 2.00 bits per heavy atom. The van der Waals surface area contributed by atoms with Gasteiger partial charge in [0.1, 0.15) is 0 Å². The summed E-state index contributed by atoms with van der Waals surface area (Å²) in [6.07, 6.45) is 4.91. The van der Waals surface area contributed by atoms with Crippen molar-refractivity contribution in [2.75, 3.05) is 0 Å². The number of hydrogen-bond acceptors (Lipinski definition) is 1. The number of nitrogens with zero attached hydrogens (tertiary/aromatic N) is 1. The molecule has 0 spiro atoms. The molecule has 2 nitrogen and oxygen atoms in total. The normalized spacial score (nSPS) is 14.4. The summed E-state index contributed by atoms with van der Waals surface area (Å²) in [5.41, 5.74) is 5.95. The Labute approximate surface area is 120 Å². The summed E-state index contributed by atoms with van der Waals surface area (Å²) in [5.74, 6) is 0.307. The number of benzene rings is 1. The summed E-state index contributed by atoms with van der Waals surface area (Å²) < 4.78 is 2.30. The van der Waals surface area contributed by atoms with Gasteiger partial charge in [0, 0.05) is 29.1 Å². The summed E-state index contributed by atoms with van der Waals surface area (Å²) >= 11 is 0. The highest BCUT2D eigenvalue weighted by Crippen LogP contribution is 2.29. The van der Waals surface area contributed by atoms with E-state index in [1.807, 2.05) is 0 Å². The van der Waals surface area contributed by atoms with E-state index in [0.29, 0.717) is 12.2 Å². The van der Waals surface area contributed by atoms with E-state index in [0.717, 1.165) is 31.2 Å². The standard InChI is InChI=1S/C18H21NO/c1-3-7-14-8-4-5-9-16(14)19-13(2)12-15-17(19)10-6-11-18(15)20/h4-5,8-9,12H,3,6-7,10-11H2,1-2H3. The molecule has 1 aliphatic carbocycles. The first-order valence-electron chi connectivity index (χ1n) is 7.55. The quantitative estimate of drug-likeness (QED) is 0.814. The molecule has 0 saturated heterocycles. The lowest BCUT2D eigenvalue weighted by atomic mass is 9.96. The molecule has 0 radical (unpaired) electrons. The van der Waals surface area contributed by atoms with E-state index in [1.54, 1.807) is 0 Å². The second-order valence-corrected chi connectivity index (χ2v) is 5.64. The largest absolute Gasteiger partial charge is 0.317 e. The lowest BCUT2D eigenvalue weighted by molar-refractivity contribution is 0.0972. The molecule has 0 bridgehead atoms. The van der Waals surface area contributed by atoms with Crippen LogP contribution in [0, 0.1) is 6.92 Å². The van der Waals surface area contributed by atoms with Crippen LogP contribution in [-0.2, 0) is 12.8 Å². The highest BCUT2D eigenvalue weighted by atomic mass is 16.1. The van der Waals surface area contributed by atoms with Crippen molar-refractivity contribution in [3.05, 3.63) is 52.8 Å². The molecular formula is C18H21NO. The van der Waals surface area contributed by atoms with Crippen molar-refractivity contribution < 1.29 is 4.79 Å². The van der Waals surface area contributed by atoms with Gasteiger partial charge < -0.3 is 4.57 Å². The fourth-order valence-electron chi connectivity index (χ4n) is 3.27. The van der Waals surface area contributed by atoms with Gasteiger partial charge in [0.25, 0.3) is 0 Å². The first-order chi connectivity index (χ1) is 9.72.